The first-order valence-corrected chi connectivity index (χ1v) is 11.8. The van der Waals surface area contributed by atoms with E-state index in [0.717, 1.165) is 23.4 Å². The highest BCUT2D eigenvalue weighted by atomic mass is 32.2. The summed E-state index contributed by atoms with van der Waals surface area (Å²) in [4.78, 5) is 25.5. The van der Waals surface area contributed by atoms with Crippen LogP contribution in [0.5, 0.6) is 0 Å². The number of aromatic nitrogens is 3. The van der Waals surface area contributed by atoms with Crippen molar-refractivity contribution in [3.8, 4) is 17.1 Å². The van der Waals surface area contributed by atoms with Gasteiger partial charge >= 0.3 is 6.03 Å². The number of benzene rings is 1. The molecule has 0 fully saturated rings. The van der Waals surface area contributed by atoms with Gasteiger partial charge in [0.25, 0.3) is 0 Å². The molecule has 0 aliphatic carbocycles. The summed E-state index contributed by atoms with van der Waals surface area (Å²) in [7, 11) is 0. The predicted molar refractivity (Wildman–Crippen MR) is 124 cm³/mol. The molecule has 32 heavy (non-hydrogen) atoms. The van der Waals surface area contributed by atoms with Gasteiger partial charge in [-0.1, -0.05) is 36.0 Å². The van der Waals surface area contributed by atoms with Gasteiger partial charge in [0.15, 0.2) is 11.0 Å². The molecule has 2 N–H and O–H groups in total. The van der Waals surface area contributed by atoms with Gasteiger partial charge in [0.05, 0.1) is 17.6 Å². The van der Waals surface area contributed by atoms with Gasteiger partial charge in [-0.3, -0.25) is 14.7 Å². The number of carbonyl (C=O) groups excluding carboxylic acids is 2. The minimum atomic E-state index is -0.508. The highest BCUT2D eigenvalue weighted by Gasteiger charge is 2.20. The Kier molecular flexibility index (Phi) is 7.03. The first-order valence-electron chi connectivity index (χ1n) is 9.90. The van der Waals surface area contributed by atoms with E-state index < -0.39 is 11.9 Å². The third-order valence-corrected chi connectivity index (χ3v) is 6.43. The molecule has 0 aliphatic rings. The van der Waals surface area contributed by atoms with E-state index in [2.05, 4.69) is 20.8 Å². The van der Waals surface area contributed by atoms with Gasteiger partial charge in [0, 0.05) is 17.1 Å². The molecular weight excluding hydrogens is 446 g/mol. The van der Waals surface area contributed by atoms with Crippen molar-refractivity contribution in [1.82, 2.24) is 25.4 Å². The topological polar surface area (TPSA) is 102 Å². The summed E-state index contributed by atoms with van der Waals surface area (Å²) in [6, 6.07) is 14.9. The number of nitrogens with zero attached hydrogens (tertiary/aromatic N) is 3. The first-order chi connectivity index (χ1) is 15.6. The molecule has 0 atom stereocenters. The fourth-order valence-corrected chi connectivity index (χ4v) is 4.52. The molecule has 0 bridgehead atoms. The number of rotatable bonds is 8. The van der Waals surface area contributed by atoms with Crippen LogP contribution in [-0.2, 0) is 11.2 Å². The molecule has 0 radical (unpaired) electrons. The third-order valence-electron chi connectivity index (χ3n) is 4.57. The van der Waals surface area contributed by atoms with Crippen LogP contribution in [0.2, 0.25) is 0 Å². The molecule has 3 aromatic heterocycles. The number of carbonyl (C=O) groups is 2. The molecule has 0 unspecified atom stereocenters. The summed E-state index contributed by atoms with van der Waals surface area (Å²) in [6.45, 7) is 2.32. The van der Waals surface area contributed by atoms with Crippen LogP contribution in [0.1, 0.15) is 10.6 Å². The van der Waals surface area contributed by atoms with Crippen molar-refractivity contribution in [3.63, 3.8) is 0 Å². The zero-order valence-electron chi connectivity index (χ0n) is 17.3. The van der Waals surface area contributed by atoms with E-state index in [1.807, 2.05) is 65.4 Å². The number of amides is 3. The smallest absolute Gasteiger partial charge is 0.321 e. The van der Waals surface area contributed by atoms with E-state index in [0.29, 0.717) is 17.5 Å². The van der Waals surface area contributed by atoms with E-state index in [1.165, 1.54) is 16.6 Å². The average Bonchev–Trinajstić information content (AvgIpc) is 3.54. The van der Waals surface area contributed by atoms with Crippen molar-refractivity contribution in [2.75, 3.05) is 12.3 Å². The van der Waals surface area contributed by atoms with Crippen LogP contribution >= 0.6 is 23.1 Å². The lowest BCUT2D eigenvalue weighted by molar-refractivity contribution is -0.117. The van der Waals surface area contributed by atoms with Crippen molar-refractivity contribution in [1.29, 1.82) is 0 Å². The highest BCUT2D eigenvalue weighted by Crippen LogP contribution is 2.30. The zero-order chi connectivity index (χ0) is 22.3. The molecule has 0 spiro atoms. The second-order valence-corrected chi connectivity index (χ2v) is 8.76. The molecular formula is C22H21N5O3S2. The number of thioether (sulfide) groups is 1. The lowest BCUT2D eigenvalue weighted by Crippen LogP contribution is -2.41. The number of hydrogen-bond donors (Lipinski definition) is 2. The Bertz CT molecular complexity index is 1190. The molecule has 10 heteroatoms. The predicted octanol–water partition coefficient (Wildman–Crippen LogP) is 4.06. The van der Waals surface area contributed by atoms with Gasteiger partial charge < -0.3 is 9.73 Å². The highest BCUT2D eigenvalue weighted by molar-refractivity contribution is 7.99. The molecule has 1 aromatic carbocycles. The van der Waals surface area contributed by atoms with Gasteiger partial charge in [0.2, 0.25) is 5.91 Å². The lowest BCUT2D eigenvalue weighted by Gasteiger charge is -2.10. The Morgan fingerprint density at radius 2 is 1.97 bits per heavy atom. The van der Waals surface area contributed by atoms with Crippen molar-refractivity contribution in [2.45, 2.75) is 18.5 Å². The molecule has 4 aromatic rings. The molecule has 3 heterocycles. The van der Waals surface area contributed by atoms with E-state index in [9.17, 15) is 9.59 Å². The van der Waals surface area contributed by atoms with Gasteiger partial charge in [-0.05, 0) is 43.0 Å². The second kappa shape index (κ2) is 10.3. The van der Waals surface area contributed by atoms with Crippen LogP contribution in [0, 0.1) is 6.92 Å². The van der Waals surface area contributed by atoms with E-state index in [1.54, 1.807) is 17.6 Å². The van der Waals surface area contributed by atoms with Gasteiger partial charge in [-0.2, -0.15) is 0 Å². The van der Waals surface area contributed by atoms with Gasteiger partial charge in [0.1, 0.15) is 5.76 Å². The second-order valence-electron chi connectivity index (χ2n) is 6.79. The summed E-state index contributed by atoms with van der Waals surface area (Å²) in [5.41, 5.74) is 1.69. The molecule has 8 nitrogen and oxygen atoms in total. The maximum Gasteiger partial charge on any atom is 0.321 e. The Labute approximate surface area is 193 Å². The molecule has 0 saturated carbocycles. The van der Waals surface area contributed by atoms with Crippen LogP contribution in [0.25, 0.3) is 17.1 Å². The summed E-state index contributed by atoms with van der Waals surface area (Å²) in [5.74, 6) is 0.959. The number of para-hydroxylation sites is 1. The van der Waals surface area contributed by atoms with Crippen LogP contribution in [0.15, 0.2) is 69.7 Å². The minimum Gasteiger partial charge on any atom is -0.469 e. The number of thiophene rings is 1. The normalized spacial score (nSPS) is 10.8. The van der Waals surface area contributed by atoms with Crippen LogP contribution in [0.3, 0.4) is 0 Å². The lowest BCUT2D eigenvalue weighted by atomic mass is 10.2. The Balaban J connectivity index is 1.39. The standard InChI is InChI=1S/C22H21N5O3S2/c1-15-18(10-12-30-15)20-25-26-22(27(20)16-6-3-2-4-7-16)32-14-19(28)24-21(29)23-11-9-17-8-5-13-31-17/h2-8,10,12-13H,9,11,14H2,1H3,(H2,23,24,28,29). The number of aryl methyl sites for hydroxylation is 1. The third kappa shape index (κ3) is 5.27. The van der Waals surface area contributed by atoms with Crippen LogP contribution < -0.4 is 10.6 Å². The van der Waals surface area contributed by atoms with Gasteiger partial charge in [-0.25, -0.2) is 4.79 Å². The van der Waals surface area contributed by atoms with Crippen LogP contribution in [-0.4, -0.2) is 39.0 Å². The molecule has 0 saturated heterocycles. The number of furan rings is 1. The molecule has 4 rings (SSSR count). The molecule has 0 aliphatic heterocycles. The largest absolute Gasteiger partial charge is 0.469 e. The van der Waals surface area contributed by atoms with Crippen LogP contribution in [0.4, 0.5) is 4.79 Å². The maximum absolute atomic E-state index is 12.3. The number of nitrogens with one attached hydrogen (secondary N) is 2. The van der Waals surface area contributed by atoms with E-state index in [-0.39, 0.29) is 5.75 Å². The quantitative estimate of drug-likeness (QED) is 0.379. The summed E-state index contributed by atoms with van der Waals surface area (Å²) in [5, 5.41) is 16.2. The van der Waals surface area contributed by atoms with E-state index >= 15 is 0 Å². The number of hydrogen-bond acceptors (Lipinski definition) is 7. The fraction of sp³-hybridized carbons (Fsp3) is 0.182. The fourth-order valence-electron chi connectivity index (χ4n) is 3.06. The van der Waals surface area contributed by atoms with Crippen molar-refractivity contribution in [3.05, 3.63) is 70.8 Å². The molecule has 3 amide bonds. The zero-order valence-corrected chi connectivity index (χ0v) is 18.9. The summed E-state index contributed by atoms with van der Waals surface area (Å²) in [6.07, 6.45) is 2.33. The Hall–Kier alpha value is -3.37. The Morgan fingerprint density at radius 3 is 2.69 bits per heavy atom. The van der Waals surface area contributed by atoms with E-state index in [4.69, 9.17) is 4.42 Å². The average molecular weight is 468 g/mol. The number of imide groups is 1. The van der Waals surface area contributed by atoms with Gasteiger partial charge in [-0.15, -0.1) is 21.5 Å². The van der Waals surface area contributed by atoms with Crippen molar-refractivity contribution in [2.24, 2.45) is 0 Å². The SMILES string of the molecule is Cc1occc1-c1nnc(SCC(=O)NC(=O)NCCc2cccs2)n1-c1ccccc1. The monoisotopic (exact) mass is 467 g/mol. The number of urea groups is 1. The minimum absolute atomic E-state index is 0.0215. The van der Waals surface area contributed by atoms with Crippen molar-refractivity contribution >= 4 is 35.0 Å². The van der Waals surface area contributed by atoms with Crippen molar-refractivity contribution < 1.29 is 14.0 Å². The summed E-state index contributed by atoms with van der Waals surface area (Å²) < 4.78 is 7.29. The molecule has 164 valence electrons. The first kappa shape index (κ1) is 21.8. The summed E-state index contributed by atoms with van der Waals surface area (Å²) >= 11 is 2.84. The maximum atomic E-state index is 12.3. The Morgan fingerprint density at radius 1 is 1.12 bits per heavy atom.